The second kappa shape index (κ2) is 6.78. The molecular weight excluding hydrogens is 218 g/mol. The number of anilines is 1. The molecular formula is C12H21N3S. The van der Waals surface area contributed by atoms with Crippen LogP contribution in [0.25, 0.3) is 0 Å². The quantitative estimate of drug-likeness (QED) is 0.739. The monoisotopic (exact) mass is 239 g/mol. The van der Waals surface area contributed by atoms with Gasteiger partial charge in [-0.3, -0.25) is 0 Å². The molecule has 1 aromatic rings. The first kappa shape index (κ1) is 13.4. The van der Waals surface area contributed by atoms with Crippen LogP contribution in [0.5, 0.6) is 0 Å². The predicted octanol–water partition coefficient (Wildman–Crippen LogP) is 1.52. The molecule has 0 aliphatic carbocycles. The van der Waals surface area contributed by atoms with Gasteiger partial charge in [0.25, 0.3) is 0 Å². The molecule has 0 heterocycles. The standard InChI is InChI=1S/C12H21N3S/c1-3-16-12-6-4-11(5-7-12)15(2)9-10(14)8-13/h4-7,10H,3,8-9,13-14H2,1-2H3. The molecule has 0 radical (unpaired) electrons. The van der Waals surface area contributed by atoms with E-state index in [4.69, 9.17) is 11.5 Å². The highest BCUT2D eigenvalue weighted by Crippen LogP contribution is 2.21. The lowest BCUT2D eigenvalue weighted by Gasteiger charge is -2.22. The van der Waals surface area contributed by atoms with E-state index in [2.05, 4.69) is 36.1 Å². The third-order valence-corrected chi connectivity index (χ3v) is 3.29. The fraction of sp³-hybridized carbons (Fsp3) is 0.500. The largest absolute Gasteiger partial charge is 0.373 e. The van der Waals surface area contributed by atoms with Crippen molar-refractivity contribution in [2.24, 2.45) is 11.5 Å². The van der Waals surface area contributed by atoms with Gasteiger partial charge in [0.2, 0.25) is 0 Å². The summed E-state index contributed by atoms with van der Waals surface area (Å²) in [6.07, 6.45) is 0. The van der Waals surface area contributed by atoms with Crippen LogP contribution in [0, 0.1) is 0 Å². The fourth-order valence-corrected chi connectivity index (χ4v) is 2.16. The summed E-state index contributed by atoms with van der Waals surface area (Å²) in [4.78, 5) is 3.44. The predicted molar refractivity (Wildman–Crippen MR) is 73.1 cm³/mol. The van der Waals surface area contributed by atoms with Crippen LogP contribution in [-0.2, 0) is 0 Å². The number of thioether (sulfide) groups is 1. The van der Waals surface area contributed by atoms with E-state index in [1.54, 1.807) is 0 Å². The number of hydrogen-bond acceptors (Lipinski definition) is 4. The zero-order valence-electron chi connectivity index (χ0n) is 10.0. The van der Waals surface area contributed by atoms with Crippen molar-refractivity contribution in [1.82, 2.24) is 0 Å². The van der Waals surface area contributed by atoms with Gasteiger partial charge >= 0.3 is 0 Å². The molecule has 4 N–H and O–H groups in total. The third kappa shape index (κ3) is 4.04. The molecule has 1 aromatic carbocycles. The van der Waals surface area contributed by atoms with Crippen molar-refractivity contribution < 1.29 is 0 Å². The van der Waals surface area contributed by atoms with Gasteiger partial charge in [-0.15, -0.1) is 11.8 Å². The Morgan fingerprint density at radius 1 is 1.31 bits per heavy atom. The molecule has 1 unspecified atom stereocenters. The smallest absolute Gasteiger partial charge is 0.0364 e. The molecule has 1 rings (SSSR count). The number of nitrogens with zero attached hydrogens (tertiary/aromatic N) is 1. The summed E-state index contributed by atoms with van der Waals surface area (Å²) in [6.45, 7) is 3.47. The number of nitrogens with two attached hydrogens (primary N) is 2. The van der Waals surface area contributed by atoms with Crippen molar-refractivity contribution in [3.05, 3.63) is 24.3 Å². The van der Waals surface area contributed by atoms with E-state index in [1.165, 1.54) is 10.6 Å². The fourth-order valence-electron chi connectivity index (χ4n) is 1.50. The molecule has 0 saturated carbocycles. The Labute approximate surface area is 102 Å². The maximum atomic E-state index is 5.82. The SMILES string of the molecule is CCSc1ccc(N(C)CC(N)CN)cc1. The van der Waals surface area contributed by atoms with Crippen molar-refractivity contribution >= 4 is 17.4 Å². The highest BCUT2D eigenvalue weighted by atomic mass is 32.2. The Morgan fingerprint density at radius 2 is 1.94 bits per heavy atom. The third-order valence-electron chi connectivity index (χ3n) is 2.40. The molecule has 1 atom stereocenters. The second-order valence-electron chi connectivity index (χ2n) is 3.80. The van der Waals surface area contributed by atoms with Crippen molar-refractivity contribution in [1.29, 1.82) is 0 Å². The van der Waals surface area contributed by atoms with Crippen molar-refractivity contribution in [3.8, 4) is 0 Å². The van der Waals surface area contributed by atoms with Crippen LogP contribution in [0.15, 0.2) is 29.2 Å². The zero-order valence-corrected chi connectivity index (χ0v) is 10.8. The number of likely N-dealkylation sites (N-methyl/N-ethyl adjacent to an activating group) is 1. The van der Waals surface area contributed by atoms with E-state index >= 15 is 0 Å². The first-order chi connectivity index (χ1) is 7.67. The van der Waals surface area contributed by atoms with E-state index in [-0.39, 0.29) is 6.04 Å². The van der Waals surface area contributed by atoms with Gasteiger partial charge in [0.05, 0.1) is 0 Å². The topological polar surface area (TPSA) is 55.3 Å². The lowest BCUT2D eigenvalue weighted by Crippen LogP contribution is -2.40. The van der Waals surface area contributed by atoms with Gasteiger partial charge in [-0.25, -0.2) is 0 Å². The van der Waals surface area contributed by atoms with Crippen LogP contribution in [-0.4, -0.2) is 31.9 Å². The number of hydrogen-bond donors (Lipinski definition) is 2. The maximum Gasteiger partial charge on any atom is 0.0364 e. The molecule has 4 heteroatoms. The average Bonchev–Trinajstić information content (AvgIpc) is 2.30. The van der Waals surface area contributed by atoms with E-state index < -0.39 is 0 Å². The maximum absolute atomic E-state index is 5.82. The molecule has 0 aliphatic heterocycles. The van der Waals surface area contributed by atoms with Crippen LogP contribution in [0.3, 0.4) is 0 Å². The molecule has 0 aromatic heterocycles. The van der Waals surface area contributed by atoms with Gasteiger partial charge in [-0.2, -0.15) is 0 Å². The Morgan fingerprint density at radius 3 is 2.44 bits per heavy atom. The summed E-state index contributed by atoms with van der Waals surface area (Å²) < 4.78 is 0. The second-order valence-corrected chi connectivity index (χ2v) is 5.14. The Balaban J connectivity index is 2.59. The first-order valence-electron chi connectivity index (χ1n) is 5.57. The van der Waals surface area contributed by atoms with Crippen LogP contribution >= 0.6 is 11.8 Å². The summed E-state index contributed by atoms with van der Waals surface area (Å²) in [6, 6.07) is 8.58. The summed E-state index contributed by atoms with van der Waals surface area (Å²) in [7, 11) is 2.04. The average molecular weight is 239 g/mol. The zero-order chi connectivity index (χ0) is 12.0. The van der Waals surface area contributed by atoms with E-state index in [1.807, 2.05) is 18.8 Å². The molecule has 0 saturated heterocycles. The molecule has 0 fully saturated rings. The van der Waals surface area contributed by atoms with Gasteiger partial charge in [0.15, 0.2) is 0 Å². The van der Waals surface area contributed by atoms with Crippen LogP contribution in [0.1, 0.15) is 6.92 Å². The molecule has 0 aliphatic rings. The van der Waals surface area contributed by atoms with Gasteiger partial charge in [-0.05, 0) is 30.0 Å². The lowest BCUT2D eigenvalue weighted by atomic mass is 10.2. The molecule has 90 valence electrons. The molecule has 0 amide bonds. The normalized spacial score (nSPS) is 12.5. The minimum atomic E-state index is 0.0368. The van der Waals surface area contributed by atoms with Crippen molar-refractivity contribution in [2.45, 2.75) is 17.9 Å². The van der Waals surface area contributed by atoms with Gasteiger partial charge in [-0.1, -0.05) is 6.92 Å². The molecule has 16 heavy (non-hydrogen) atoms. The minimum absolute atomic E-state index is 0.0368. The Kier molecular flexibility index (Phi) is 5.66. The van der Waals surface area contributed by atoms with E-state index in [0.717, 1.165) is 12.3 Å². The van der Waals surface area contributed by atoms with Gasteiger partial charge < -0.3 is 16.4 Å². The lowest BCUT2D eigenvalue weighted by molar-refractivity contribution is 0.668. The van der Waals surface area contributed by atoms with E-state index in [0.29, 0.717) is 6.54 Å². The Bertz CT molecular complexity index is 300. The highest BCUT2D eigenvalue weighted by molar-refractivity contribution is 7.99. The summed E-state index contributed by atoms with van der Waals surface area (Å²) in [5.41, 5.74) is 12.5. The first-order valence-corrected chi connectivity index (χ1v) is 6.55. The number of benzene rings is 1. The molecule has 0 spiro atoms. The summed E-state index contributed by atoms with van der Waals surface area (Å²) in [5, 5.41) is 0. The minimum Gasteiger partial charge on any atom is -0.373 e. The summed E-state index contributed by atoms with van der Waals surface area (Å²) >= 11 is 1.85. The van der Waals surface area contributed by atoms with Crippen molar-refractivity contribution in [3.63, 3.8) is 0 Å². The van der Waals surface area contributed by atoms with E-state index in [9.17, 15) is 0 Å². The molecule has 3 nitrogen and oxygen atoms in total. The van der Waals surface area contributed by atoms with Crippen LogP contribution in [0.4, 0.5) is 5.69 Å². The van der Waals surface area contributed by atoms with Crippen LogP contribution < -0.4 is 16.4 Å². The Hall–Kier alpha value is -0.710. The van der Waals surface area contributed by atoms with Crippen LogP contribution in [0.2, 0.25) is 0 Å². The van der Waals surface area contributed by atoms with Gasteiger partial charge in [0, 0.05) is 36.8 Å². The van der Waals surface area contributed by atoms with Gasteiger partial charge in [0.1, 0.15) is 0 Å². The highest BCUT2D eigenvalue weighted by Gasteiger charge is 2.05. The summed E-state index contributed by atoms with van der Waals surface area (Å²) in [5.74, 6) is 1.10. The number of rotatable bonds is 6. The van der Waals surface area contributed by atoms with Crippen molar-refractivity contribution in [2.75, 3.05) is 30.8 Å². The molecule has 0 bridgehead atoms.